The van der Waals surface area contributed by atoms with Crippen LogP contribution in [-0.2, 0) is 22.7 Å². The van der Waals surface area contributed by atoms with Gasteiger partial charge in [0.2, 0.25) is 21.8 Å². The standard InChI is InChI=1S/C25H22F3N7O5S/c1-15(41(29,38)39)16-5-7-17(8-6-16)23(36)31-20-10-18(25(26,27)28)11-21(12-20)32-24(37)33-22-14-35(34-40-22)13-19-4-2-3-9-30-19/h2-12,14-15H,13H2,1H3,(H4-,29,31,32,33,34,36,37,38,39)/p+1. The molecule has 4 aromatic rings. The smallest absolute Gasteiger partial charge is 0.322 e. The minimum absolute atomic E-state index is 0.0457. The summed E-state index contributed by atoms with van der Waals surface area (Å²) in [6.07, 6.45) is -1.83. The number of amides is 3. The van der Waals surface area contributed by atoms with Crippen LogP contribution in [0.1, 0.15) is 39.4 Å². The molecule has 0 aliphatic rings. The Balaban J connectivity index is 1.46. The Morgan fingerprint density at radius 3 is 2.32 bits per heavy atom. The van der Waals surface area contributed by atoms with Crippen LogP contribution in [-0.4, -0.2) is 30.6 Å². The van der Waals surface area contributed by atoms with Crippen molar-refractivity contribution >= 4 is 39.2 Å². The SMILES string of the molecule is CC(c1ccc(C(=O)Nc2cc(NC(=O)Nc3c[n+](Cc4ccccn4)no3)cc(C(F)(F)F)c2)cc1)S(N)(=O)=O. The molecule has 1 unspecified atom stereocenters. The molecule has 0 fully saturated rings. The molecule has 41 heavy (non-hydrogen) atoms. The minimum Gasteiger partial charge on any atom is -0.322 e. The number of rotatable bonds is 8. The number of carbonyl (C=O) groups excluding carboxylic acids is 2. The number of sulfonamides is 1. The average molecular weight is 591 g/mol. The van der Waals surface area contributed by atoms with E-state index in [4.69, 9.17) is 9.66 Å². The molecule has 5 N–H and O–H groups in total. The number of nitrogens with zero attached hydrogens (tertiary/aromatic N) is 3. The summed E-state index contributed by atoms with van der Waals surface area (Å²) < 4.78 is 70.2. The topological polar surface area (TPSA) is 173 Å². The van der Waals surface area contributed by atoms with Crippen molar-refractivity contribution in [3.63, 3.8) is 0 Å². The average Bonchev–Trinajstić information content (AvgIpc) is 3.33. The van der Waals surface area contributed by atoms with Gasteiger partial charge in [-0.05, 0) is 59.6 Å². The van der Waals surface area contributed by atoms with Gasteiger partial charge in [0.15, 0.2) is 0 Å². The van der Waals surface area contributed by atoms with E-state index in [1.165, 1.54) is 42.1 Å². The van der Waals surface area contributed by atoms with Crippen molar-refractivity contribution in [2.45, 2.75) is 24.9 Å². The zero-order valence-corrected chi connectivity index (χ0v) is 22.0. The molecule has 3 amide bonds. The highest BCUT2D eigenvalue weighted by atomic mass is 32.2. The van der Waals surface area contributed by atoms with Crippen molar-refractivity contribution in [2.24, 2.45) is 5.14 Å². The summed E-state index contributed by atoms with van der Waals surface area (Å²) in [4.78, 5) is 29.3. The molecule has 16 heteroatoms. The Morgan fingerprint density at radius 2 is 1.71 bits per heavy atom. The maximum atomic E-state index is 13.6. The lowest BCUT2D eigenvalue weighted by Gasteiger charge is -2.14. The molecule has 0 aliphatic heterocycles. The predicted molar refractivity (Wildman–Crippen MR) is 140 cm³/mol. The fraction of sp³-hybridized carbons (Fsp3) is 0.160. The molecule has 12 nitrogen and oxygen atoms in total. The Kier molecular flexibility index (Phi) is 8.34. The van der Waals surface area contributed by atoms with Crippen molar-refractivity contribution < 1.29 is 40.4 Å². The number of anilines is 3. The summed E-state index contributed by atoms with van der Waals surface area (Å²) in [7, 11) is -3.86. The van der Waals surface area contributed by atoms with E-state index in [-0.39, 0.29) is 29.4 Å². The van der Waals surface area contributed by atoms with Gasteiger partial charge < -0.3 is 10.6 Å². The number of nitrogens with two attached hydrogens (primary N) is 1. The van der Waals surface area contributed by atoms with Crippen molar-refractivity contribution in [2.75, 3.05) is 16.0 Å². The molecule has 0 bridgehead atoms. The van der Waals surface area contributed by atoms with Gasteiger partial charge in [-0.25, -0.2) is 18.4 Å². The van der Waals surface area contributed by atoms with Crippen molar-refractivity contribution in [1.82, 2.24) is 10.3 Å². The first-order valence-electron chi connectivity index (χ1n) is 11.8. The third-order valence-electron chi connectivity index (χ3n) is 5.71. The van der Waals surface area contributed by atoms with Crippen LogP contribution in [0.2, 0.25) is 0 Å². The second kappa shape index (κ2) is 11.7. The van der Waals surface area contributed by atoms with E-state index in [9.17, 15) is 31.2 Å². The quantitative estimate of drug-likeness (QED) is 0.227. The number of benzene rings is 2. The van der Waals surface area contributed by atoms with E-state index in [0.717, 1.165) is 6.07 Å². The number of pyridine rings is 1. The number of hydrogen-bond donors (Lipinski definition) is 4. The molecule has 214 valence electrons. The van der Waals surface area contributed by atoms with Gasteiger partial charge in [-0.15, -0.1) is 0 Å². The maximum Gasteiger partial charge on any atom is 0.416 e. The van der Waals surface area contributed by atoms with Crippen LogP contribution >= 0.6 is 0 Å². The lowest BCUT2D eigenvalue weighted by atomic mass is 10.1. The van der Waals surface area contributed by atoms with Crippen LogP contribution in [0.4, 0.5) is 35.2 Å². The Bertz CT molecular complexity index is 1660. The van der Waals surface area contributed by atoms with Crippen LogP contribution in [0.3, 0.4) is 0 Å². The number of carbonyl (C=O) groups is 2. The zero-order chi connectivity index (χ0) is 29.8. The second-order valence-electron chi connectivity index (χ2n) is 8.77. The van der Waals surface area contributed by atoms with Crippen LogP contribution < -0.4 is 25.8 Å². The van der Waals surface area contributed by atoms with Crippen molar-refractivity contribution in [3.8, 4) is 0 Å². The van der Waals surface area contributed by atoms with Crippen LogP contribution in [0.15, 0.2) is 77.6 Å². The number of urea groups is 1. The third-order valence-corrected chi connectivity index (χ3v) is 6.97. The number of nitrogens with one attached hydrogen (secondary N) is 3. The van der Waals surface area contributed by atoms with E-state index in [1.807, 2.05) is 0 Å². The van der Waals surface area contributed by atoms with Crippen LogP contribution in [0, 0.1) is 0 Å². The van der Waals surface area contributed by atoms with Crippen LogP contribution in [0.5, 0.6) is 0 Å². The van der Waals surface area contributed by atoms with Gasteiger partial charge in [0.1, 0.15) is 5.69 Å². The highest BCUT2D eigenvalue weighted by molar-refractivity contribution is 7.89. The fourth-order valence-electron chi connectivity index (χ4n) is 3.57. The first kappa shape index (κ1) is 29.2. The fourth-order valence-corrected chi connectivity index (χ4v) is 4.11. The molecule has 1 atom stereocenters. The molecule has 2 aromatic heterocycles. The Morgan fingerprint density at radius 1 is 1.02 bits per heavy atom. The second-order valence-corrected chi connectivity index (χ2v) is 10.7. The van der Waals surface area contributed by atoms with Gasteiger partial charge in [0.05, 0.1) is 10.8 Å². The van der Waals surface area contributed by atoms with Crippen LogP contribution in [0.25, 0.3) is 0 Å². The summed E-state index contributed by atoms with van der Waals surface area (Å²) in [5.41, 5.74) is -0.607. The normalized spacial score (nSPS) is 12.4. The number of aromatic nitrogens is 3. The molecular formula is C25H23F3N7O5S+. The van der Waals surface area contributed by atoms with E-state index >= 15 is 0 Å². The largest absolute Gasteiger partial charge is 0.416 e. The summed E-state index contributed by atoms with van der Waals surface area (Å²) >= 11 is 0. The van der Waals surface area contributed by atoms with E-state index in [2.05, 4.69) is 26.2 Å². The monoisotopic (exact) mass is 590 g/mol. The highest BCUT2D eigenvalue weighted by Crippen LogP contribution is 2.33. The van der Waals surface area contributed by atoms with Gasteiger partial charge in [-0.1, -0.05) is 18.2 Å². The third kappa shape index (κ3) is 7.86. The molecule has 2 aromatic carbocycles. The zero-order valence-electron chi connectivity index (χ0n) is 21.2. The Hall–Kier alpha value is -4.83. The summed E-state index contributed by atoms with van der Waals surface area (Å²) in [6, 6.07) is 12.3. The first-order valence-corrected chi connectivity index (χ1v) is 13.4. The predicted octanol–water partition coefficient (Wildman–Crippen LogP) is 3.67. The first-order chi connectivity index (χ1) is 19.3. The van der Waals surface area contributed by atoms with E-state index in [1.54, 1.807) is 24.4 Å². The number of alkyl halides is 3. The van der Waals surface area contributed by atoms with Gasteiger partial charge >= 0.3 is 18.1 Å². The minimum atomic E-state index is -4.79. The molecule has 0 aliphatic carbocycles. The van der Waals surface area contributed by atoms with E-state index in [0.29, 0.717) is 23.4 Å². The molecular weight excluding hydrogens is 567 g/mol. The molecule has 4 rings (SSSR count). The number of halogens is 3. The van der Waals surface area contributed by atoms with Crippen molar-refractivity contribution in [1.29, 1.82) is 0 Å². The summed E-state index contributed by atoms with van der Waals surface area (Å²) in [5.74, 6) is -0.854. The lowest BCUT2D eigenvalue weighted by molar-refractivity contribution is -0.755. The van der Waals surface area contributed by atoms with Crippen molar-refractivity contribution in [3.05, 3.63) is 95.4 Å². The molecule has 0 saturated carbocycles. The lowest BCUT2D eigenvalue weighted by Crippen LogP contribution is -2.35. The molecule has 0 spiro atoms. The van der Waals surface area contributed by atoms with Gasteiger partial charge in [0, 0.05) is 23.1 Å². The van der Waals surface area contributed by atoms with Gasteiger partial charge in [-0.2, -0.15) is 13.2 Å². The molecule has 0 saturated heterocycles. The van der Waals surface area contributed by atoms with Gasteiger partial charge in [-0.3, -0.25) is 19.6 Å². The molecule has 2 heterocycles. The summed E-state index contributed by atoms with van der Waals surface area (Å²) in [6.45, 7) is 1.62. The molecule has 0 radical (unpaired) electrons. The summed E-state index contributed by atoms with van der Waals surface area (Å²) in [5, 5.41) is 14.8. The number of primary sulfonamides is 1. The van der Waals surface area contributed by atoms with Gasteiger partial charge in [0.25, 0.3) is 12.1 Å². The highest BCUT2D eigenvalue weighted by Gasteiger charge is 2.32. The number of hydrogen-bond acceptors (Lipinski definition) is 7. The van der Waals surface area contributed by atoms with E-state index < -0.39 is 39.0 Å². The Labute approximate surface area is 231 Å². The maximum absolute atomic E-state index is 13.6.